The fraction of sp³-hybridized carbons (Fsp3) is 0.143. The van der Waals surface area contributed by atoms with E-state index in [-0.39, 0.29) is 5.62 Å². The Kier molecular flexibility index (Phi) is 1.86. The summed E-state index contributed by atoms with van der Waals surface area (Å²) in [6, 6.07) is 1.75. The SMILES string of the molecule is C#CCn1cccnc1=N. The zero-order valence-electron chi connectivity index (χ0n) is 5.41. The molecule has 0 amide bonds. The molecule has 1 rings (SSSR count). The van der Waals surface area contributed by atoms with E-state index in [1.54, 1.807) is 23.0 Å². The molecule has 1 aromatic rings. The number of rotatable bonds is 1. The number of terminal acetylenes is 1. The molecule has 0 radical (unpaired) electrons. The van der Waals surface area contributed by atoms with Gasteiger partial charge in [-0.05, 0) is 6.07 Å². The van der Waals surface area contributed by atoms with E-state index in [4.69, 9.17) is 11.8 Å². The molecular formula is C7H7N3. The predicted molar refractivity (Wildman–Crippen MR) is 36.9 cm³/mol. The van der Waals surface area contributed by atoms with E-state index < -0.39 is 0 Å². The molecule has 0 bridgehead atoms. The lowest BCUT2D eigenvalue weighted by Gasteiger charge is -1.97. The van der Waals surface area contributed by atoms with Crippen LogP contribution in [0.5, 0.6) is 0 Å². The van der Waals surface area contributed by atoms with Crippen molar-refractivity contribution in [2.24, 2.45) is 0 Å². The van der Waals surface area contributed by atoms with E-state index in [9.17, 15) is 0 Å². The Hall–Kier alpha value is -1.56. The van der Waals surface area contributed by atoms with E-state index in [2.05, 4.69) is 10.9 Å². The number of hydrogen-bond donors (Lipinski definition) is 1. The van der Waals surface area contributed by atoms with Crippen molar-refractivity contribution < 1.29 is 0 Å². The van der Waals surface area contributed by atoms with Gasteiger partial charge in [-0.3, -0.25) is 5.41 Å². The van der Waals surface area contributed by atoms with Gasteiger partial charge >= 0.3 is 0 Å². The molecule has 0 aromatic carbocycles. The van der Waals surface area contributed by atoms with Crippen LogP contribution in [-0.2, 0) is 6.54 Å². The monoisotopic (exact) mass is 133 g/mol. The minimum atomic E-state index is 0.195. The van der Waals surface area contributed by atoms with Gasteiger partial charge in [0.25, 0.3) is 0 Å². The number of hydrogen-bond acceptors (Lipinski definition) is 2. The van der Waals surface area contributed by atoms with Crippen molar-refractivity contribution in [3.8, 4) is 12.3 Å². The first-order chi connectivity index (χ1) is 4.84. The van der Waals surface area contributed by atoms with E-state index in [1.807, 2.05) is 0 Å². The number of nitrogens with zero attached hydrogens (tertiary/aromatic N) is 2. The lowest BCUT2D eigenvalue weighted by atomic mass is 10.6. The molecule has 10 heavy (non-hydrogen) atoms. The minimum absolute atomic E-state index is 0.195. The van der Waals surface area contributed by atoms with Crippen LogP contribution in [0.2, 0.25) is 0 Å². The van der Waals surface area contributed by atoms with Gasteiger partial charge in [0, 0.05) is 12.4 Å². The van der Waals surface area contributed by atoms with Crippen LogP contribution in [-0.4, -0.2) is 9.55 Å². The lowest BCUT2D eigenvalue weighted by molar-refractivity contribution is 0.719. The summed E-state index contributed by atoms with van der Waals surface area (Å²) in [6.07, 6.45) is 8.34. The third-order valence-corrected chi connectivity index (χ3v) is 1.08. The Bertz CT molecular complexity index is 305. The summed E-state index contributed by atoms with van der Waals surface area (Å²) in [7, 11) is 0. The molecule has 0 aliphatic carbocycles. The molecular weight excluding hydrogens is 126 g/mol. The molecule has 0 spiro atoms. The lowest BCUT2D eigenvalue weighted by Crippen LogP contribution is -2.20. The van der Waals surface area contributed by atoms with Crippen LogP contribution >= 0.6 is 0 Å². The Morgan fingerprint density at radius 1 is 1.80 bits per heavy atom. The zero-order chi connectivity index (χ0) is 7.40. The first kappa shape index (κ1) is 6.56. The largest absolute Gasteiger partial charge is 0.306 e. The summed E-state index contributed by atoms with van der Waals surface area (Å²) in [5.41, 5.74) is 0.195. The van der Waals surface area contributed by atoms with Crippen LogP contribution in [0.4, 0.5) is 0 Å². The first-order valence-corrected chi connectivity index (χ1v) is 2.84. The Balaban J connectivity index is 3.07. The highest BCUT2D eigenvalue weighted by atomic mass is 15.0. The van der Waals surface area contributed by atoms with E-state index in [0.717, 1.165) is 0 Å². The molecule has 0 fully saturated rings. The van der Waals surface area contributed by atoms with Gasteiger partial charge in [-0.15, -0.1) is 6.42 Å². The van der Waals surface area contributed by atoms with Crippen molar-refractivity contribution in [1.82, 2.24) is 9.55 Å². The van der Waals surface area contributed by atoms with Gasteiger partial charge in [0.05, 0.1) is 6.54 Å². The van der Waals surface area contributed by atoms with Crippen LogP contribution in [0.25, 0.3) is 0 Å². The molecule has 3 nitrogen and oxygen atoms in total. The van der Waals surface area contributed by atoms with Gasteiger partial charge in [0.15, 0.2) is 0 Å². The smallest absolute Gasteiger partial charge is 0.222 e. The molecule has 0 unspecified atom stereocenters. The summed E-state index contributed by atoms with van der Waals surface area (Å²) in [5, 5.41) is 7.23. The Labute approximate surface area is 58.9 Å². The average Bonchev–Trinajstić information content (AvgIpc) is 1.94. The molecule has 0 saturated carbocycles. The van der Waals surface area contributed by atoms with E-state index in [0.29, 0.717) is 6.54 Å². The fourth-order valence-corrected chi connectivity index (χ4v) is 0.627. The average molecular weight is 133 g/mol. The predicted octanol–water partition coefficient (Wildman–Crippen LogP) is -0.00423. The molecule has 0 aliphatic rings. The summed E-state index contributed by atoms with van der Waals surface area (Å²) >= 11 is 0. The second-order valence-electron chi connectivity index (χ2n) is 1.78. The second-order valence-corrected chi connectivity index (χ2v) is 1.78. The van der Waals surface area contributed by atoms with Crippen molar-refractivity contribution in [3.63, 3.8) is 0 Å². The normalized spacial score (nSPS) is 8.70. The van der Waals surface area contributed by atoms with Gasteiger partial charge < -0.3 is 4.57 Å². The molecule has 0 aliphatic heterocycles. The Morgan fingerprint density at radius 2 is 2.60 bits per heavy atom. The topological polar surface area (TPSA) is 41.7 Å². The zero-order valence-corrected chi connectivity index (χ0v) is 5.41. The molecule has 1 N–H and O–H groups in total. The van der Waals surface area contributed by atoms with E-state index >= 15 is 0 Å². The van der Waals surface area contributed by atoms with Crippen LogP contribution < -0.4 is 5.62 Å². The highest BCUT2D eigenvalue weighted by Crippen LogP contribution is 1.75. The summed E-state index contributed by atoms with van der Waals surface area (Å²) in [6.45, 7) is 0.409. The maximum absolute atomic E-state index is 7.23. The third kappa shape index (κ3) is 1.23. The Morgan fingerprint density at radius 3 is 3.20 bits per heavy atom. The van der Waals surface area contributed by atoms with Gasteiger partial charge in [0.1, 0.15) is 0 Å². The molecule has 0 atom stereocenters. The van der Waals surface area contributed by atoms with Crippen LogP contribution in [0.15, 0.2) is 18.5 Å². The molecule has 3 heteroatoms. The maximum Gasteiger partial charge on any atom is 0.222 e. The highest BCUT2D eigenvalue weighted by Gasteiger charge is 1.84. The minimum Gasteiger partial charge on any atom is -0.306 e. The fourth-order valence-electron chi connectivity index (χ4n) is 0.627. The van der Waals surface area contributed by atoms with Gasteiger partial charge in [-0.2, -0.15) is 0 Å². The van der Waals surface area contributed by atoms with Gasteiger partial charge in [-0.25, -0.2) is 4.98 Å². The maximum atomic E-state index is 7.23. The molecule has 1 heterocycles. The summed E-state index contributed by atoms with van der Waals surface area (Å²) < 4.78 is 1.58. The van der Waals surface area contributed by atoms with Crippen molar-refractivity contribution in [1.29, 1.82) is 5.41 Å². The van der Waals surface area contributed by atoms with Crippen molar-refractivity contribution >= 4 is 0 Å². The highest BCUT2D eigenvalue weighted by molar-refractivity contribution is 4.88. The van der Waals surface area contributed by atoms with Gasteiger partial charge in [-0.1, -0.05) is 5.92 Å². The third-order valence-electron chi connectivity index (χ3n) is 1.08. The number of nitrogens with one attached hydrogen (secondary N) is 1. The molecule has 1 aromatic heterocycles. The molecule has 50 valence electrons. The van der Waals surface area contributed by atoms with E-state index in [1.165, 1.54) is 0 Å². The van der Waals surface area contributed by atoms with Crippen LogP contribution in [0.1, 0.15) is 0 Å². The standard InChI is InChI=1S/C7H7N3/c1-2-5-10-6-3-4-9-7(10)8/h1,3-4,6,8H,5H2. The van der Waals surface area contributed by atoms with Crippen molar-refractivity contribution in [2.75, 3.05) is 0 Å². The first-order valence-electron chi connectivity index (χ1n) is 2.84. The van der Waals surface area contributed by atoms with Crippen LogP contribution in [0, 0.1) is 17.8 Å². The molecule has 0 saturated heterocycles. The summed E-state index contributed by atoms with van der Waals surface area (Å²) in [5.74, 6) is 2.43. The number of aromatic nitrogens is 2. The van der Waals surface area contributed by atoms with Crippen LogP contribution in [0.3, 0.4) is 0 Å². The van der Waals surface area contributed by atoms with Crippen molar-refractivity contribution in [2.45, 2.75) is 6.54 Å². The van der Waals surface area contributed by atoms with Crippen molar-refractivity contribution in [3.05, 3.63) is 24.1 Å². The second kappa shape index (κ2) is 2.83. The quantitative estimate of drug-likeness (QED) is 0.538. The summed E-state index contributed by atoms with van der Waals surface area (Å²) in [4.78, 5) is 3.73. The van der Waals surface area contributed by atoms with Gasteiger partial charge in [0.2, 0.25) is 5.62 Å².